The maximum Gasteiger partial charge on any atom is 0.191 e. The molecule has 0 saturated carbocycles. The maximum absolute atomic E-state index is 13.7. The minimum absolute atomic E-state index is 0. The summed E-state index contributed by atoms with van der Waals surface area (Å²) in [6.07, 6.45) is 1.17. The Kier molecular flexibility index (Phi) is 9.39. The molecule has 0 fully saturated rings. The molecule has 0 radical (unpaired) electrons. The Morgan fingerprint density at radius 1 is 1.16 bits per heavy atom. The summed E-state index contributed by atoms with van der Waals surface area (Å²) < 4.78 is 28.3. The van der Waals surface area contributed by atoms with Gasteiger partial charge in [-0.15, -0.1) is 24.0 Å². The van der Waals surface area contributed by atoms with Crippen LogP contribution in [0.15, 0.2) is 53.5 Å². The number of rotatable bonds is 7. The number of hydrogen-bond acceptors (Lipinski definition) is 4. The van der Waals surface area contributed by atoms with E-state index in [1.807, 2.05) is 0 Å². The van der Waals surface area contributed by atoms with Gasteiger partial charge in [0.2, 0.25) is 0 Å². The lowest BCUT2D eigenvalue weighted by atomic mass is 10.1. The topological polar surface area (TPSA) is 104 Å². The molecule has 2 aromatic carbocycles. The number of halogens is 3. The quantitative estimate of drug-likeness (QED) is 0.181. The normalized spacial score (nSPS) is 10.9. The highest BCUT2D eigenvalue weighted by atomic mass is 127. The largest absolute Gasteiger partial charge is 0.382 e. The molecule has 32 heavy (non-hydrogen) atoms. The third-order valence-corrected chi connectivity index (χ3v) is 4.69. The summed E-state index contributed by atoms with van der Waals surface area (Å²) in [6.45, 7) is 0.870. The molecule has 3 rings (SSSR count). The van der Waals surface area contributed by atoms with Crippen molar-refractivity contribution in [2.24, 2.45) is 4.99 Å². The van der Waals surface area contributed by atoms with Crippen molar-refractivity contribution in [2.45, 2.75) is 19.4 Å². The molecule has 7 nitrogen and oxygen atoms in total. The summed E-state index contributed by atoms with van der Waals surface area (Å²) in [5.74, 6) is 0.127. The van der Waals surface area contributed by atoms with E-state index in [4.69, 9.17) is 5.73 Å². The summed E-state index contributed by atoms with van der Waals surface area (Å²) >= 11 is 0. The number of aliphatic imine (C=N–C) groups is 1. The van der Waals surface area contributed by atoms with Gasteiger partial charge in [-0.2, -0.15) is 10.4 Å². The molecule has 1 aromatic heterocycles. The maximum atomic E-state index is 13.7. The number of anilines is 1. The molecule has 0 aliphatic carbocycles. The molecular weight excluding hydrogens is 527 g/mol. The van der Waals surface area contributed by atoms with E-state index >= 15 is 0 Å². The van der Waals surface area contributed by atoms with Gasteiger partial charge in [-0.1, -0.05) is 18.2 Å². The number of nitriles is 1. The predicted octanol–water partition coefficient (Wildman–Crippen LogP) is 3.52. The van der Waals surface area contributed by atoms with Gasteiger partial charge in [0.25, 0.3) is 0 Å². The number of aryl methyl sites for hydroxylation is 1. The van der Waals surface area contributed by atoms with Crippen LogP contribution in [0.25, 0.3) is 5.69 Å². The van der Waals surface area contributed by atoms with E-state index in [-0.39, 0.29) is 41.4 Å². The van der Waals surface area contributed by atoms with Gasteiger partial charge in [-0.3, -0.25) is 4.99 Å². The second-order valence-corrected chi connectivity index (χ2v) is 6.75. The van der Waals surface area contributed by atoms with Gasteiger partial charge in [-0.25, -0.2) is 13.5 Å². The standard InChI is InChI=1S/C22H23F2N7.HI/c1-27-22(29-14-15-5-2-3-6-19(15)24)28-12-4-7-20-18(13-25)21(26)31(30-20)17-10-8-16(23)9-11-17;/h2-3,5-6,8-11H,4,7,12,14,26H2,1H3,(H2,27,28,29);1H. The fourth-order valence-electron chi connectivity index (χ4n) is 3.06. The van der Waals surface area contributed by atoms with E-state index in [1.54, 1.807) is 37.4 Å². The highest BCUT2D eigenvalue weighted by Gasteiger charge is 2.16. The van der Waals surface area contributed by atoms with E-state index in [0.717, 1.165) is 0 Å². The molecule has 0 bridgehead atoms. The molecule has 0 spiro atoms. The van der Waals surface area contributed by atoms with E-state index in [9.17, 15) is 14.0 Å². The fourth-order valence-corrected chi connectivity index (χ4v) is 3.06. The fraction of sp³-hybridized carbons (Fsp3) is 0.227. The number of benzene rings is 2. The first kappa shape index (κ1) is 25.1. The lowest BCUT2D eigenvalue weighted by Crippen LogP contribution is -2.37. The van der Waals surface area contributed by atoms with Crippen molar-refractivity contribution in [3.8, 4) is 11.8 Å². The van der Waals surface area contributed by atoms with Crippen molar-refractivity contribution in [1.82, 2.24) is 20.4 Å². The first-order chi connectivity index (χ1) is 15.0. The van der Waals surface area contributed by atoms with Crippen molar-refractivity contribution < 1.29 is 8.78 Å². The molecule has 0 saturated heterocycles. The van der Waals surface area contributed by atoms with Gasteiger partial charge < -0.3 is 16.4 Å². The number of aromatic nitrogens is 2. The van der Waals surface area contributed by atoms with E-state index < -0.39 is 0 Å². The van der Waals surface area contributed by atoms with Gasteiger partial charge in [0.15, 0.2) is 5.96 Å². The molecule has 168 valence electrons. The van der Waals surface area contributed by atoms with Crippen LogP contribution in [0.1, 0.15) is 23.2 Å². The Morgan fingerprint density at radius 3 is 2.53 bits per heavy atom. The zero-order valence-corrected chi connectivity index (χ0v) is 19.8. The third kappa shape index (κ3) is 6.16. The summed E-state index contributed by atoms with van der Waals surface area (Å²) in [6, 6.07) is 14.4. The van der Waals surface area contributed by atoms with Gasteiger partial charge in [0.1, 0.15) is 29.1 Å². The minimum atomic E-state index is -0.363. The molecule has 0 aliphatic rings. The number of guanidine groups is 1. The highest BCUT2D eigenvalue weighted by molar-refractivity contribution is 14.0. The first-order valence-electron chi connectivity index (χ1n) is 9.74. The molecule has 1 heterocycles. The van der Waals surface area contributed by atoms with Crippen LogP contribution in [0.3, 0.4) is 0 Å². The molecule has 0 aliphatic heterocycles. The zero-order chi connectivity index (χ0) is 22.2. The third-order valence-electron chi connectivity index (χ3n) is 4.69. The Morgan fingerprint density at radius 2 is 1.88 bits per heavy atom. The molecule has 10 heteroatoms. The molecule has 0 unspecified atom stereocenters. The van der Waals surface area contributed by atoms with Crippen LogP contribution in [-0.2, 0) is 13.0 Å². The van der Waals surface area contributed by atoms with Gasteiger partial charge >= 0.3 is 0 Å². The molecule has 0 amide bonds. The lowest BCUT2D eigenvalue weighted by Gasteiger charge is -2.12. The first-order valence-corrected chi connectivity index (χ1v) is 9.74. The number of nitrogens with one attached hydrogen (secondary N) is 2. The van der Waals surface area contributed by atoms with Crippen molar-refractivity contribution in [3.05, 3.63) is 77.0 Å². The second kappa shape index (κ2) is 12.0. The predicted molar refractivity (Wildman–Crippen MR) is 131 cm³/mol. The molecule has 3 aromatic rings. The van der Waals surface area contributed by atoms with Crippen molar-refractivity contribution >= 4 is 35.8 Å². The second-order valence-electron chi connectivity index (χ2n) is 6.75. The van der Waals surface area contributed by atoms with Crippen molar-refractivity contribution in [1.29, 1.82) is 5.26 Å². The Hall–Kier alpha value is -3.20. The smallest absolute Gasteiger partial charge is 0.191 e. The lowest BCUT2D eigenvalue weighted by molar-refractivity contribution is 0.604. The molecule has 0 atom stereocenters. The van der Waals surface area contributed by atoms with Crippen molar-refractivity contribution in [3.63, 3.8) is 0 Å². The number of nitrogen functional groups attached to an aromatic ring is 1. The van der Waals surface area contributed by atoms with E-state index in [1.165, 1.54) is 22.9 Å². The van der Waals surface area contributed by atoms with Crippen LogP contribution in [0.4, 0.5) is 14.6 Å². The van der Waals surface area contributed by atoms with Crippen LogP contribution in [-0.4, -0.2) is 29.3 Å². The summed E-state index contributed by atoms with van der Waals surface area (Å²) in [4.78, 5) is 4.13. The summed E-state index contributed by atoms with van der Waals surface area (Å²) in [7, 11) is 1.63. The molecular formula is C22H24F2IN7. The monoisotopic (exact) mass is 551 g/mol. The average Bonchev–Trinajstić information content (AvgIpc) is 3.10. The van der Waals surface area contributed by atoms with Gasteiger partial charge in [-0.05, 0) is 43.2 Å². The summed E-state index contributed by atoms with van der Waals surface area (Å²) in [5.41, 5.74) is 8.08. The van der Waals surface area contributed by atoms with Crippen LogP contribution in [0, 0.1) is 23.0 Å². The van der Waals surface area contributed by atoms with E-state index in [0.29, 0.717) is 54.4 Å². The minimum Gasteiger partial charge on any atom is -0.382 e. The SMILES string of the molecule is CN=C(NCCCc1nn(-c2ccc(F)cc2)c(N)c1C#N)NCc1ccccc1F.I. The highest BCUT2D eigenvalue weighted by Crippen LogP contribution is 2.21. The van der Waals surface area contributed by atoms with Crippen LogP contribution < -0.4 is 16.4 Å². The summed E-state index contributed by atoms with van der Waals surface area (Å²) in [5, 5.41) is 20.1. The van der Waals surface area contributed by atoms with E-state index in [2.05, 4.69) is 26.8 Å². The average molecular weight is 551 g/mol. The van der Waals surface area contributed by atoms with Crippen LogP contribution in [0.5, 0.6) is 0 Å². The number of nitrogens with two attached hydrogens (primary N) is 1. The Bertz CT molecular complexity index is 1100. The van der Waals surface area contributed by atoms with Crippen LogP contribution >= 0.6 is 24.0 Å². The Balaban J connectivity index is 0.00000363. The van der Waals surface area contributed by atoms with Gasteiger partial charge in [0.05, 0.1) is 11.4 Å². The van der Waals surface area contributed by atoms with Crippen LogP contribution in [0.2, 0.25) is 0 Å². The Labute approximate surface area is 202 Å². The molecule has 4 N–H and O–H groups in total. The number of nitrogens with zero attached hydrogens (tertiary/aromatic N) is 4. The zero-order valence-electron chi connectivity index (χ0n) is 17.5. The van der Waals surface area contributed by atoms with Gasteiger partial charge in [0, 0.05) is 25.7 Å². The number of hydrogen-bond donors (Lipinski definition) is 3. The van der Waals surface area contributed by atoms with Crippen molar-refractivity contribution in [2.75, 3.05) is 19.3 Å².